The molecule has 0 amide bonds. The quantitative estimate of drug-likeness (QED) is 0.605. The van der Waals surface area contributed by atoms with Crippen molar-refractivity contribution < 1.29 is 9.90 Å². The second-order valence-corrected chi connectivity index (χ2v) is 2.26. The van der Waals surface area contributed by atoms with E-state index in [0.717, 1.165) is 5.69 Å². The third kappa shape index (κ3) is 2.13. The van der Waals surface area contributed by atoms with Crippen LogP contribution >= 0.6 is 0 Å². The van der Waals surface area contributed by atoms with E-state index < -0.39 is 5.97 Å². The van der Waals surface area contributed by atoms with Gasteiger partial charge in [-0.25, -0.2) is 4.98 Å². The van der Waals surface area contributed by atoms with Gasteiger partial charge in [0.1, 0.15) is 12.1 Å². The van der Waals surface area contributed by atoms with Crippen LogP contribution < -0.4 is 0 Å². The number of hydrogen-bond acceptors (Lipinski definition) is 2. The average molecular weight is 164 g/mol. The van der Waals surface area contributed by atoms with Crippen molar-refractivity contribution in [1.82, 2.24) is 9.55 Å². The van der Waals surface area contributed by atoms with Gasteiger partial charge in [-0.15, -0.1) is 0 Å². The van der Waals surface area contributed by atoms with Crippen molar-refractivity contribution >= 4 is 5.97 Å². The van der Waals surface area contributed by atoms with E-state index in [2.05, 4.69) is 16.8 Å². The van der Waals surface area contributed by atoms with Crippen molar-refractivity contribution in [2.45, 2.75) is 6.42 Å². The van der Waals surface area contributed by atoms with E-state index in [1.54, 1.807) is 24.1 Å². The largest absolute Gasteiger partial charge is 0.481 e. The van der Waals surface area contributed by atoms with Gasteiger partial charge in [-0.1, -0.05) is 5.92 Å². The van der Waals surface area contributed by atoms with Gasteiger partial charge in [0.15, 0.2) is 0 Å². The molecule has 4 nitrogen and oxygen atoms in total. The van der Waals surface area contributed by atoms with Gasteiger partial charge in [0.25, 0.3) is 0 Å². The summed E-state index contributed by atoms with van der Waals surface area (Å²) in [5.74, 6) is 4.30. The van der Waals surface area contributed by atoms with Gasteiger partial charge < -0.3 is 9.67 Å². The lowest BCUT2D eigenvalue weighted by atomic mass is 10.4. The fraction of sp³-hybridized carbons (Fsp3) is 0.250. The molecule has 1 N–H and O–H groups in total. The van der Waals surface area contributed by atoms with Crippen LogP contribution in [0.5, 0.6) is 0 Å². The standard InChI is InChI=1S/C8H8N2O2/c1-10-6-9-5-7(10)3-2-4-8(11)12/h5-6H,4H2,1H3,(H,11,12). The van der Waals surface area contributed by atoms with Crippen molar-refractivity contribution in [2.75, 3.05) is 0 Å². The third-order valence-corrected chi connectivity index (χ3v) is 1.27. The summed E-state index contributed by atoms with van der Waals surface area (Å²) in [6.45, 7) is 0. The van der Waals surface area contributed by atoms with E-state index in [-0.39, 0.29) is 6.42 Å². The summed E-state index contributed by atoms with van der Waals surface area (Å²) in [6.07, 6.45) is 3.07. The Morgan fingerprint density at radius 2 is 2.58 bits per heavy atom. The third-order valence-electron chi connectivity index (χ3n) is 1.27. The molecule has 0 saturated carbocycles. The second kappa shape index (κ2) is 3.58. The van der Waals surface area contributed by atoms with Crippen LogP contribution in [0.15, 0.2) is 12.5 Å². The fourth-order valence-electron chi connectivity index (χ4n) is 0.688. The Kier molecular flexibility index (Phi) is 2.49. The lowest BCUT2D eigenvalue weighted by Crippen LogP contribution is -1.92. The lowest BCUT2D eigenvalue weighted by molar-refractivity contribution is -0.135. The zero-order chi connectivity index (χ0) is 8.97. The average Bonchev–Trinajstić information content (AvgIpc) is 2.36. The number of aliphatic carboxylic acids is 1. The van der Waals surface area contributed by atoms with Crippen molar-refractivity contribution in [1.29, 1.82) is 0 Å². The first kappa shape index (κ1) is 8.34. The zero-order valence-corrected chi connectivity index (χ0v) is 6.61. The first-order valence-corrected chi connectivity index (χ1v) is 3.37. The van der Waals surface area contributed by atoms with Crippen molar-refractivity contribution in [3.8, 4) is 11.8 Å². The molecule has 4 heteroatoms. The van der Waals surface area contributed by atoms with Gasteiger partial charge in [0.2, 0.25) is 0 Å². The topological polar surface area (TPSA) is 55.1 Å². The monoisotopic (exact) mass is 164 g/mol. The van der Waals surface area contributed by atoms with Gasteiger partial charge in [-0.05, 0) is 5.92 Å². The Morgan fingerprint density at radius 1 is 1.83 bits per heavy atom. The molecule has 62 valence electrons. The summed E-state index contributed by atoms with van der Waals surface area (Å²) in [5.41, 5.74) is 0.719. The summed E-state index contributed by atoms with van der Waals surface area (Å²) in [5, 5.41) is 8.29. The van der Waals surface area contributed by atoms with Gasteiger partial charge in [-0.2, -0.15) is 0 Å². The van der Waals surface area contributed by atoms with E-state index in [9.17, 15) is 4.79 Å². The molecule has 0 spiro atoms. The summed E-state index contributed by atoms with van der Waals surface area (Å²) in [7, 11) is 1.80. The predicted molar refractivity (Wildman–Crippen MR) is 42.3 cm³/mol. The number of nitrogens with zero attached hydrogens (tertiary/aromatic N) is 2. The number of aromatic nitrogens is 2. The summed E-state index contributed by atoms with van der Waals surface area (Å²) < 4.78 is 1.73. The molecular formula is C8H8N2O2. The Bertz CT molecular complexity index is 343. The summed E-state index contributed by atoms with van der Waals surface area (Å²) in [6, 6.07) is 0. The Morgan fingerprint density at radius 3 is 3.08 bits per heavy atom. The van der Waals surface area contributed by atoms with E-state index in [0.29, 0.717) is 0 Å². The first-order valence-electron chi connectivity index (χ1n) is 3.37. The number of imidazole rings is 1. The highest BCUT2D eigenvalue weighted by Crippen LogP contribution is 1.92. The molecule has 1 aromatic rings. The molecule has 0 aromatic carbocycles. The van der Waals surface area contributed by atoms with Gasteiger partial charge in [0, 0.05) is 7.05 Å². The molecule has 12 heavy (non-hydrogen) atoms. The van der Waals surface area contributed by atoms with Gasteiger partial charge in [0.05, 0.1) is 12.5 Å². The lowest BCUT2D eigenvalue weighted by Gasteiger charge is -1.88. The molecule has 0 saturated heterocycles. The molecule has 0 atom stereocenters. The molecule has 0 bridgehead atoms. The molecule has 0 unspecified atom stereocenters. The maximum Gasteiger partial charge on any atom is 0.315 e. The van der Waals surface area contributed by atoms with Crippen LogP contribution in [0.4, 0.5) is 0 Å². The van der Waals surface area contributed by atoms with Crippen LogP contribution in [0.3, 0.4) is 0 Å². The number of aryl methyl sites for hydroxylation is 1. The maximum atomic E-state index is 10.1. The van der Waals surface area contributed by atoms with Crippen molar-refractivity contribution in [2.24, 2.45) is 7.05 Å². The predicted octanol–water partition coefficient (Wildman–Crippen LogP) is 0.246. The number of carboxylic acids is 1. The van der Waals surface area contributed by atoms with E-state index in [4.69, 9.17) is 5.11 Å². The molecule has 1 aromatic heterocycles. The molecule has 0 radical (unpaired) electrons. The SMILES string of the molecule is Cn1cncc1C#CCC(=O)O. The highest BCUT2D eigenvalue weighted by Gasteiger charge is 1.92. The molecule has 0 aliphatic heterocycles. The van der Waals surface area contributed by atoms with Crippen LogP contribution in [0.1, 0.15) is 12.1 Å². The van der Waals surface area contributed by atoms with Gasteiger partial charge in [-0.3, -0.25) is 4.79 Å². The van der Waals surface area contributed by atoms with Crippen LogP contribution in [-0.4, -0.2) is 20.6 Å². The molecule has 1 heterocycles. The van der Waals surface area contributed by atoms with Crippen molar-refractivity contribution in [3.63, 3.8) is 0 Å². The van der Waals surface area contributed by atoms with Crippen molar-refractivity contribution in [3.05, 3.63) is 18.2 Å². The van der Waals surface area contributed by atoms with Crippen LogP contribution in [0.2, 0.25) is 0 Å². The fourth-order valence-corrected chi connectivity index (χ4v) is 0.688. The minimum Gasteiger partial charge on any atom is -0.481 e. The van der Waals surface area contributed by atoms with Crippen LogP contribution in [-0.2, 0) is 11.8 Å². The summed E-state index contributed by atoms with van der Waals surface area (Å²) >= 11 is 0. The zero-order valence-electron chi connectivity index (χ0n) is 6.61. The summed E-state index contributed by atoms with van der Waals surface area (Å²) in [4.78, 5) is 13.9. The van der Waals surface area contributed by atoms with E-state index in [1.165, 1.54) is 0 Å². The van der Waals surface area contributed by atoms with Crippen LogP contribution in [0, 0.1) is 11.8 Å². The number of carboxylic acid groups (broad SMARTS) is 1. The normalized spacial score (nSPS) is 8.75. The molecule has 0 aliphatic rings. The van der Waals surface area contributed by atoms with Gasteiger partial charge >= 0.3 is 5.97 Å². The molecular weight excluding hydrogens is 156 g/mol. The minimum absolute atomic E-state index is 0.134. The highest BCUT2D eigenvalue weighted by atomic mass is 16.4. The number of carbonyl (C=O) groups is 1. The minimum atomic E-state index is -0.912. The Labute approximate surface area is 69.8 Å². The van der Waals surface area contributed by atoms with E-state index >= 15 is 0 Å². The second-order valence-electron chi connectivity index (χ2n) is 2.26. The molecule has 0 aliphatic carbocycles. The number of hydrogen-bond donors (Lipinski definition) is 1. The van der Waals surface area contributed by atoms with E-state index in [1.807, 2.05) is 0 Å². The maximum absolute atomic E-state index is 10.1. The highest BCUT2D eigenvalue weighted by molar-refractivity contribution is 5.70. The smallest absolute Gasteiger partial charge is 0.315 e. The Balaban J connectivity index is 2.67. The number of rotatable bonds is 1. The molecule has 1 rings (SSSR count). The van der Waals surface area contributed by atoms with Crippen LogP contribution in [0.25, 0.3) is 0 Å². The molecule has 0 fully saturated rings. The first-order chi connectivity index (χ1) is 5.70. The Hall–Kier alpha value is -1.76.